The van der Waals surface area contributed by atoms with Crippen molar-refractivity contribution in [3.8, 4) is 0 Å². The zero-order valence-electron chi connectivity index (χ0n) is 13.8. The number of rotatable bonds is 3. The van der Waals surface area contributed by atoms with E-state index in [2.05, 4.69) is 30.8 Å². The maximum absolute atomic E-state index is 12.6. The number of hydrogen-bond acceptors (Lipinski definition) is 3. The van der Waals surface area contributed by atoms with Crippen molar-refractivity contribution in [2.24, 2.45) is 0 Å². The van der Waals surface area contributed by atoms with Gasteiger partial charge in [-0.15, -0.1) is 0 Å². The minimum Gasteiger partial charge on any atom is -0.465 e. The highest BCUT2D eigenvalue weighted by atomic mass is 16.5. The van der Waals surface area contributed by atoms with Gasteiger partial charge in [0.25, 0.3) is 5.91 Å². The van der Waals surface area contributed by atoms with Crippen LogP contribution in [-0.2, 0) is 10.2 Å². The van der Waals surface area contributed by atoms with E-state index in [1.54, 1.807) is 24.3 Å². The minimum absolute atomic E-state index is 0.122. The van der Waals surface area contributed by atoms with Crippen LogP contribution >= 0.6 is 0 Å². The van der Waals surface area contributed by atoms with Crippen molar-refractivity contribution in [1.29, 1.82) is 0 Å². The van der Waals surface area contributed by atoms with Gasteiger partial charge in [-0.3, -0.25) is 4.79 Å². The number of esters is 1. The van der Waals surface area contributed by atoms with Crippen molar-refractivity contribution >= 4 is 17.6 Å². The summed E-state index contributed by atoms with van der Waals surface area (Å²) in [5, 5.41) is 2.86. The van der Waals surface area contributed by atoms with Crippen LogP contribution in [-0.4, -0.2) is 19.0 Å². The second-order valence-electron chi connectivity index (χ2n) is 6.32. The molecule has 0 fully saturated rings. The van der Waals surface area contributed by atoms with Crippen molar-refractivity contribution in [2.45, 2.75) is 26.2 Å². The fraction of sp³-hybridized carbons (Fsp3) is 0.263. The lowest BCUT2D eigenvalue weighted by Gasteiger charge is -2.22. The van der Waals surface area contributed by atoms with Crippen LogP contribution in [0.4, 0.5) is 5.69 Å². The zero-order chi connectivity index (χ0) is 17.0. The Bertz CT molecular complexity index is 712. The van der Waals surface area contributed by atoms with E-state index < -0.39 is 5.97 Å². The number of anilines is 1. The van der Waals surface area contributed by atoms with Crippen LogP contribution in [0.15, 0.2) is 48.5 Å². The maximum atomic E-state index is 12.6. The Labute approximate surface area is 136 Å². The van der Waals surface area contributed by atoms with Gasteiger partial charge in [-0.25, -0.2) is 4.79 Å². The largest absolute Gasteiger partial charge is 0.465 e. The number of hydrogen-bond donors (Lipinski definition) is 1. The van der Waals surface area contributed by atoms with Crippen molar-refractivity contribution in [3.05, 3.63) is 65.2 Å². The van der Waals surface area contributed by atoms with E-state index in [9.17, 15) is 9.59 Å². The Morgan fingerprint density at radius 1 is 0.957 bits per heavy atom. The molecule has 0 saturated carbocycles. The molecular weight excluding hydrogens is 290 g/mol. The van der Waals surface area contributed by atoms with Gasteiger partial charge in [0.1, 0.15) is 0 Å². The van der Waals surface area contributed by atoms with E-state index in [4.69, 9.17) is 0 Å². The Morgan fingerprint density at radius 2 is 1.57 bits per heavy atom. The number of nitrogens with one attached hydrogen (secondary N) is 1. The fourth-order valence-corrected chi connectivity index (χ4v) is 2.34. The summed E-state index contributed by atoms with van der Waals surface area (Å²) in [6.07, 6.45) is 0. The average Bonchev–Trinajstić information content (AvgIpc) is 2.54. The number of carbonyl (C=O) groups is 2. The van der Waals surface area contributed by atoms with Crippen molar-refractivity contribution < 1.29 is 14.3 Å². The summed E-state index contributed by atoms with van der Waals surface area (Å²) >= 11 is 0. The molecule has 0 aromatic heterocycles. The summed E-state index contributed by atoms with van der Waals surface area (Å²) in [5.41, 5.74) is 2.59. The summed E-state index contributed by atoms with van der Waals surface area (Å²) in [6, 6.07) is 14.2. The topological polar surface area (TPSA) is 55.4 Å². The quantitative estimate of drug-likeness (QED) is 0.871. The number of amides is 1. The lowest BCUT2D eigenvalue weighted by atomic mass is 9.83. The molecule has 0 bridgehead atoms. The second kappa shape index (κ2) is 6.65. The summed E-state index contributed by atoms with van der Waals surface area (Å²) in [4.78, 5) is 24.0. The van der Waals surface area contributed by atoms with Crippen LogP contribution < -0.4 is 5.32 Å². The highest BCUT2D eigenvalue weighted by Crippen LogP contribution is 2.26. The highest BCUT2D eigenvalue weighted by Gasteiger charge is 2.21. The smallest absolute Gasteiger partial charge is 0.337 e. The van der Waals surface area contributed by atoms with Crippen LogP contribution in [0.1, 0.15) is 47.1 Å². The van der Waals surface area contributed by atoms with Crippen LogP contribution in [0, 0.1) is 0 Å². The van der Waals surface area contributed by atoms with Gasteiger partial charge >= 0.3 is 5.97 Å². The summed E-state index contributed by atoms with van der Waals surface area (Å²) in [6.45, 7) is 6.22. The van der Waals surface area contributed by atoms with Gasteiger partial charge in [-0.1, -0.05) is 39.0 Å². The molecule has 0 unspecified atom stereocenters. The molecule has 0 aliphatic carbocycles. The molecule has 0 saturated heterocycles. The standard InChI is InChI=1S/C19H21NO3/c1-19(2,3)16-8-6-5-7-15(16)17(21)20-14-11-9-13(10-12-14)18(22)23-4/h5-12H,1-4H3,(H,20,21). The van der Waals surface area contributed by atoms with Gasteiger partial charge in [-0.2, -0.15) is 0 Å². The first-order valence-electron chi connectivity index (χ1n) is 7.42. The molecule has 0 spiro atoms. The van der Waals surface area contributed by atoms with Gasteiger partial charge in [0, 0.05) is 11.3 Å². The summed E-state index contributed by atoms with van der Waals surface area (Å²) in [7, 11) is 1.33. The Kier molecular flexibility index (Phi) is 4.84. The van der Waals surface area contributed by atoms with Gasteiger partial charge in [-0.05, 0) is 41.3 Å². The number of methoxy groups -OCH3 is 1. The molecule has 4 heteroatoms. The normalized spacial score (nSPS) is 11.0. The van der Waals surface area contributed by atoms with E-state index >= 15 is 0 Å². The lowest BCUT2D eigenvalue weighted by molar-refractivity contribution is 0.0600. The van der Waals surface area contributed by atoms with Crippen LogP contribution in [0.2, 0.25) is 0 Å². The molecule has 0 heterocycles. The van der Waals surface area contributed by atoms with Crippen molar-refractivity contribution in [2.75, 3.05) is 12.4 Å². The van der Waals surface area contributed by atoms with Crippen LogP contribution in [0.3, 0.4) is 0 Å². The molecular formula is C19H21NO3. The molecule has 0 radical (unpaired) electrons. The van der Waals surface area contributed by atoms with Crippen LogP contribution in [0.25, 0.3) is 0 Å². The Balaban J connectivity index is 2.22. The molecule has 2 aromatic carbocycles. The Hall–Kier alpha value is -2.62. The second-order valence-corrected chi connectivity index (χ2v) is 6.32. The zero-order valence-corrected chi connectivity index (χ0v) is 13.8. The van der Waals surface area contributed by atoms with E-state index in [0.717, 1.165) is 5.56 Å². The third-order valence-corrected chi connectivity index (χ3v) is 3.54. The van der Waals surface area contributed by atoms with E-state index in [-0.39, 0.29) is 11.3 Å². The van der Waals surface area contributed by atoms with Crippen molar-refractivity contribution in [1.82, 2.24) is 0 Å². The molecule has 2 aromatic rings. The van der Waals surface area contributed by atoms with Gasteiger partial charge in [0.15, 0.2) is 0 Å². The SMILES string of the molecule is COC(=O)c1ccc(NC(=O)c2ccccc2C(C)(C)C)cc1. The van der Waals surface area contributed by atoms with Crippen LogP contribution in [0.5, 0.6) is 0 Å². The van der Waals surface area contributed by atoms with Gasteiger partial charge in [0.05, 0.1) is 12.7 Å². The van der Waals surface area contributed by atoms with E-state index in [1.165, 1.54) is 7.11 Å². The highest BCUT2D eigenvalue weighted by molar-refractivity contribution is 6.05. The first-order valence-corrected chi connectivity index (χ1v) is 7.42. The van der Waals surface area contributed by atoms with Crippen molar-refractivity contribution in [3.63, 3.8) is 0 Å². The maximum Gasteiger partial charge on any atom is 0.337 e. The van der Waals surface area contributed by atoms with E-state index in [1.807, 2.05) is 24.3 Å². The number of benzene rings is 2. The lowest BCUT2D eigenvalue weighted by Crippen LogP contribution is -2.20. The molecule has 0 atom stereocenters. The average molecular weight is 311 g/mol. The summed E-state index contributed by atoms with van der Waals surface area (Å²) in [5.74, 6) is -0.567. The molecule has 120 valence electrons. The molecule has 23 heavy (non-hydrogen) atoms. The monoisotopic (exact) mass is 311 g/mol. The van der Waals surface area contributed by atoms with Gasteiger partial charge < -0.3 is 10.1 Å². The summed E-state index contributed by atoms with van der Waals surface area (Å²) < 4.78 is 4.65. The van der Waals surface area contributed by atoms with E-state index in [0.29, 0.717) is 16.8 Å². The van der Waals surface area contributed by atoms with Gasteiger partial charge in [0.2, 0.25) is 0 Å². The Morgan fingerprint density at radius 3 is 2.13 bits per heavy atom. The molecule has 1 N–H and O–H groups in total. The first-order chi connectivity index (χ1) is 10.8. The minimum atomic E-state index is -0.402. The molecule has 0 aliphatic heterocycles. The molecule has 0 aliphatic rings. The molecule has 2 rings (SSSR count). The predicted molar refractivity (Wildman–Crippen MR) is 90.9 cm³/mol. The molecule has 1 amide bonds. The third-order valence-electron chi connectivity index (χ3n) is 3.54. The molecule has 4 nitrogen and oxygen atoms in total. The third kappa shape index (κ3) is 3.97. The first kappa shape index (κ1) is 16.7. The predicted octanol–water partition coefficient (Wildman–Crippen LogP) is 4.02. The fourth-order valence-electron chi connectivity index (χ4n) is 2.34. The number of ether oxygens (including phenoxy) is 1. The number of carbonyl (C=O) groups excluding carboxylic acids is 2.